The van der Waals surface area contributed by atoms with Crippen LogP contribution >= 0.6 is 0 Å². The lowest BCUT2D eigenvalue weighted by Crippen LogP contribution is -2.22. The monoisotopic (exact) mass is 516 g/mol. The molecule has 198 valence electrons. The van der Waals surface area contributed by atoms with Crippen LogP contribution in [0.2, 0.25) is 0 Å². The van der Waals surface area contributed by atoms with Crippen LogP contribution in [0.4, 0.5) is 22.0 Å². The van der Waals surface area contributed by atoms with Gasteiger partial charge in [-0.05, 0) is 79.0 Å². The van der Waals surface area contributed by atoms with Crippen LogP contribution in [-0.2, 0) is 12.3 Å². The zero-order valence-electron chi connectivity index (χ0n) is 21.0. The lowest BCUT2D eigenvalue weighted by molar-refractivity contribution is -0.185. The van der Waals surface area contributed by atoms with E-state index >= 15 is 8.78 Å². The van der Waals surface area contributed by atoms with Gasteiger partial charge in [0, 0.05) is 5.56 Å². The number of halogens is 5. The van der Waals surface area contributed by atoms with Gasteiger partial charge in [-0.25, -0.2) is 0 Å². The van der Waals surface area contributed by atoms with E-state index < -0.39 is 17.8 Å². The van der Waals surface area contributed by atoms with E-state index in [9.17, 15) is 13.2 Å². The summed E-state index contributed by atoms with van der Waals surface area (Å²) in [7, 11) is 0. The molecule has 3 aromatic rings. The topological polar surface area (TPSA) is 9.23 Å². The molecule has 1 aliphatic carbocycles. The molecule has 0 N–H and O–H groups in total. The van der Waals surface area contributed by atoms with E-state index in [4.69, 9.17) is 4.74 Å². The first-order valence-electron chi connectivity index (χ1n) is 13.1. The molecule has 6 heteroatoms. The number of hydrogen-bond donors (Lipinski definition) is 0. The van der Waals surface area contributed by atoms with Crippen molar-refractivity contribution in [3.05, 3.63) is 89.5 Å². The molecule has 1 fully saturated rings. The molecule has 0 unspecified atom stereocenters. The smallest absolute Gasteiger partial charge is 0.426 e. The number of ether oxygens (including phenoxy) is 1. The van der Waals surface area contributed by atoms with Crippen molar-refractivity contribution in [2.75, 3.05) is 0 Å². The van der Waals surface area contributed by atoms with Crippen molar-refractivity contribution in [3.8, 4) is 16.9 Å². The molecule has 0 radical (unpaired) electrons. The maximum Gasteiger partial charge on any atom is 0.426 e. The molecule has 0 spiro atoms. The molecule has 4 rings (SSSR count). The minimum Gasteiger partial charge on any atom is -0.428 e. The summed E-state index contributed by atoms with van der Waals surface area (Å²) in [6.07, 6.45) is 1.58. The second-order valence-corrected chi connectivity index (χ2v) is 10.0. The van der Waals surface area contributed by atoms with Crippen LogP contribution in [0.3, 0.4) is 0 Å². The van der Waals surface area contributed by atoms with Crippen LogP contribution in [0.25, 0.3) is 11.1 Å². The summed E-state index contributed by atoms with van der Waals surface area (Å²) in [6.45, 7) is 2.22. The summed E-state index contributed by atoms with van der Waals surface area (Å²) in [6, 6.07) is 16.9. The fourth-order valence-electron chi connectivity index (χ4n) is 5.25. The fourth-order valence-corrected chi connectivity index (χ4v) is 5.25. The molecule has 37 heavy (non-hydrogen) atoms. The third kappa shape index (κ3) is 6.91. The fraction of sp³-hybridized carbons (Fsp3) is 0.419. The number of para-hydroxylation sites is 1. The quantitative estimate of drug-likeness (QED) is 0.203. The maximum absolute atomic E-state index is 15.2. The van der Waals surface area contributed by atoms with Crippen LogP contribution in [0.1, 0.15) is 80.9 Å². The van der Waals surface area contributed by atoms with Crippen LogP contribution in [0, 0.1) is 5.92 Å². The van der Waals surface area contributed by atoms with Gasteiger partial charge >= 0.3 is 12.3 Å². The Labute approximate surface area is 215 Å². The molecular weight excluding hydrogens is 483 g/mol. The molecule has 0 saturated heterocycles. The summed E-state index contributed by atoms with van der Waals surface area (Å²) >= 11 is 0. The van der Waals surface area contributed by atoms with Gasteiger partial charge in [-0.3, -0.25) is 0 Å². The first kappa shape index (κ1) is 27.2. The lowest BCUT2D eigenvalue weighted by Gasteiger charge is -2.29. The van der Waals surface area contributed by atoms with Gasteiger partial charge in [0.25, 0.3) is 0 Å². The van der Waals surface area contributed by atoms with Crippen LogP contribution < -0.4 is 4.74 Å². The first-order valence-corrected chi connectivity index (χ1v) is 13.1. The SMILES string of the molecule is CCCCCC1CCC(c2ccc(C(F)(F)Oc3ccccc3-c3ccc(C(F)(F)F)cc3)cc2)CC1. The molecule has 0 atom stereocenters. The van der Waals surface area contributed by atoms with E-state index in [2.05, 4.69) is 6.92 Å². The van der Waals surface area contributed by atoms with Crippen LogP contribution in [-0.4, -0.2) is 0 Å². The molecule has 0 aliphatic heterocycles. The highest BCUT2D eigenvalue weighted by molar-refractivity contribution is 5.70. The summed E-state index contributed by atoms with van der Waals surface area (Å²) < 4.78 is 74.2. The Kier molecular flexibility index (Phi) is 8.56. The second kappa shape index (κ2) is 11.7. The van der Waals surface area contributed by atoms with Crippen molar-refractivity contribution in [3.63, 3.8) is 0 Å². The van der Waals surface area contributed by atoms with Crippen molar-refractivity contribution in [2.45, 2.75) is 76.5 Å². The van der Waals surface area contributed by atoms with Crippen molar-refractivity contribution >= 4 is 0 Å². The number of unbranched alkanes of at least 4 members (excludes halogenated alkanes) is 2. The predicted octanol–water partition coefficient (Wildman–Crippen LogP) is 10.4. The van der Waals surface area contributed by atoms with Gasteiger partial charge in [0.1, 0.15) is 5.75 Å². The predicted molar refractivity (Wildman–Crippen MR) is 137 cm³/mol. The molecule has 0 amide bonds. The first-order chi connectivity index (χ1) is 17.7. The van der Waals surface area contributed by atoms with E-state index in [1.807, 2.05) is 0 Å². The number of alkyl halides is 5. The van der Waals surface area contributed by atoms with Gasteiger partial charge < -0.3 is 4.74 Å². The van der Waals surface area contributed by atoms with E-state index in [0.29, 0.717) is 17.0 Å². The lowest BCUT2D eigenvalue weighted by atomic mass is 9.77. The highest BCUT2D eigenvalue weighted by Crippen LogP contribution is 2.41. The molecule has 0 heterocycles. The van der Waals surface area contributed by atoms with Gasteiger partial charge in [-0.1, -0.05) is 75.1 Å². The molecule has 0 bridgehead atoms. The number of hydrogen-bond acceptors (Lipinski definition) is 1. The second-order valence-electron chi connectivity index (χ2n) is 10.0. The van der Waals surface area contributed by atoms with Crippen molar-refractivity contribution in [2.24, 2.45) is 5.92 Å². The summed E-state index contributed by atoms with van der Waals surface area (Å²) in [5.74, 6) is 1.08. The molecule has 1 saturated carbocycles. The number of benzene rings is 3. The van der Waals surface area contributed by atoms with E-state index in [0.717, 1.165) is 36.5 Å². The Morgan fingerprint density at radius 1 is 0.730 bits per heavy atom. The van der Waals surface area contributed by atoms with Crippen LogP contribution in [0.15, 0.2) is 72.8 Å². The summed E-state index contributed by atoms with van der Waals surface area (Å²) in [5, 5.41) is 0. The van der Waals surface area contributed by atoms with Crippen molar-refractivity contribution in [1.82, 2.24) is 0 Å². The molecule has 0 aromatic heterocycles. The summed E-state index contributed by atoms with van der Waals surface area (Å²) in [5.41, 5.74) is 0.678. The van der Waals surface area contributed by atoms with Gasteiger partial charge in [-0.2, -0.15) is 22.0 Å². The minimum atomic E-state index is -4.47. The zero-order valence-corrected chi connectivity index (χ0v) is 21.0. The van der Waals surface area contributed by atoms with Crippen molar-refractivity contribution in [1.29, 1.82) is 0 Å². The van der Waals surface area contributed by atoms with Gasteiger partial charge in [0.15, 0.2) is 0 Å². The third-order valence-corrected chi connectivity index (χ3v) is 7.43. The van der Waals surface area contributed by atoms with E-state index in [1.54, 1.807) is 30.3 Å². The largest absolute Gasteiger partial charge is 0.428 e. The average molecular weight is 517 g/mol. The van der Waals surface area contributed by atoms with Gasteiger partial charge in [0.2, 0.25) is 0 Å². The highest BCUT2D eigenvalue weighted by atomic mass is 19.4. The molecule has 1 nitrogen and oxygen atoms in total. The minimum absolute atomic E-state index is 0.0993. The summed E-state index contributed by atoms with van der Waals surface area (Å²) in [4.78, 5) is 0. The Morgan fingerprint density at radius 3 is 1.97 bits per heavy atom. The Bertz CT molecular complexity index is 1130. The molecular formula is C31H33F5O. The van der Waals surface area contributed by atoms with Gasteiger partial charge in [-0.15, -0.1) is 0 Å². The standard InChI is InChI=1S/C31H33F5O/c1-2-3-4-7-22-10-12-23(13-11-22)24-14-20-27(21-15-24)31(35,36)37-29-9-6-5-8-28(29)25-16-18-26(19-17-25)30(32,33)34/h5-6,8-9,14-23H,2-4,7,10-13H2,1H3. The maximum atomic E-state index is 15.2. The zero-order chi connectivity index (χ0) is 26.5. The van der Waals surface area contributed by atoms with E-state index in [-0.39, 0.29) is 11.3 Å². The molecule has 3 aromatic carbocycles. The van der Waals surface area contributed by atoms with Gasteiger partial charge in [0.05, 0.1) is 11.1 Å². The Hall–Kier alpha value is -2.89. The third-order valence-electron chi connectivity index (χ3n) is 7.43. The normalized spacial score (nSPS) is 18.5. The Balaban J connectivity index is 1.43. The van der Waals surface area contributed by atoms with Crippen LogP contribution in [0.5, 0.6) is 5.75 Å². The highest BCUT2D eigenvalue weighted by Gasteiger charge is 2.36. The Morgan fingerprint density at radius 2 is 1.35 bits per heavy atom. The molecule has 1 aliphatic rings. The average Bonchev–Trinajstić information content (AvgIpc) is 2.89. The number of rotatable bonds is 9. The van der Waals surface area contributed by atoms with E-state index in [1.165, 1.54) is 68.9 Å². The van der Waals surface area contributed by atoms with Crippen molar-refractivity contribution < 1.29 is 26.7 Å².